The van der Waals surface area contributed by atoms with Crippen LogP contribution in [0.2, 0.25) is 0 Å². The molecule has 0 heterocycles. The van der Waals surface area contributed by atoms with Crippen LogP contribution in [0.15, 0.2) is 84.9 Å². The van der Waals surface area contributed by atoms with Crippen molar-refractivity contribution in [2.45, 2.75) is 57.2 Å². The lowest BCUT2D eigenvalue weighted by atomic mass is 10.1. The van der Waals surface area contributed by atoms with Gasteiger partial charge in [0, 0.05) is 24.1 Å². The Labute approximate surface area is 208 Å². The molecular formula is C30H35N3O2. The minimum atomic E-state index is -0.564. The minimum Gasteiger partial charge on any atom is -0.350 e. The van der Waals surface area contributed by atoms with Gasteiger partial charge in [-0.1, -0.05) is 78.4 Å². The molecule has 3 aromatic rings. The average molecular weight is 470 g/mol. The van der Waals surface area contributed by atoms with Gasteiger partial charge in [-0.15, -0.1) is 0 Å². The van der Waals surface area contributed by atoms with E-state index in [1.165, 1.54) is 12.0 Å². The number of carbonyl (C=O) groups excluding carboxylic acids is 2. The third-order valence-corrected chi connectivity index (χ3v) is 6.59. The zero-order chi connectivity index (χ0) is 24.5. The molecule has 4 rings (SSSR count). The maximum Gasteiger partial charge on any atom is 0.251 e. The summed E-state index contributed by atoms with van der Waals surface area (Å²) >= 11 is 0. The van der Waals surface area contributed by atoms with Crippen molar-refractivity contribution in [3.05, 3.63) is 107 Å². The summed E-state index contributed by atoms with van der Waals surface area (Å²) in [4.78, 5) is 25.8. The number of hydrogen-bond acceptors (Lipinski definition) is 3. The molecule has 0 aromatic heterocycles. The van der Waals surface area contributed by atoms with Gasteiger partial charge in [0.1, 0.15) is 6.04 Å². The standard InChI is InChI=1S/C30H35N3O2/c1-22-15-17-25(18-16-22)29(34)33-27(30(35)32-21-23-10-4-2-5-11-23)14-8-9-19-31-28-20-26(28)24-12-6-3-7-13-24/h2-7,10-13,15-18,26-28,31H,8-9,14,19-21H2,1H3,(H,32,35)(H,33,34)/t26-,27?,28+/m0/s1. The highest BCUT2D eigenvalue weighted by atomic mass is 16.2. The fourth-order valence-corrected chi connectivity index (χ4v) is 4.37. The molecule has 0 aliphatic heterocycles. The number of amides is 2. The number of aryl methyl sites for hydroxylation is 1. The van der Waals surface area contributed by atoms with Crippen LogP contribution in [0.1, 0.15) is 58.6 Å². The van der Waals surface area contributed by atoms with E-state index in [0.717, 1.165) is 30.5 Å². The van der Waals surface area contributed by atoms with Gasteiger partial charge < -0.3 is 16.0 Å². The fraction of sp³-hybridized carbons (Fsp3) is 0.333. The van der Waals surface area contributed by atoms with Crippen LogP contribution in [-0.4, -0.2) is 30.4 Å². The second kappa shape index (κ2) is 12.3. The van der Waals surface area contributed by atoms with Crippen molar-refractivity contribution < 1.29 is 9.59 Å². The normalized spacial score (nSPS) is 17.4. The monoisotopic (exact) mass is 469 g/mol. The predicted octanol–water partition coefficient (Wildman–Crippen LogP) is 4.73. The van der Waals surface area contributed by atoms with Gasteiger partial charge >= 0.3 is 0 Å². The van der Waals surface area contributed by atoms with Crippen molar-refractivity contribution in [2.75, 3.05) is 6.54 Å². The smallest absolute Gasteiger partial charge is 0.251 e. The number of nitrogens with one attached hydrogen (secondary N) is 3. The van der Waals surface area contributed by atoms with Gasteiger partial charge in [0.15, 0.2) is 0 Å². The predicted molar refractivity (Wildman–Crippen MR) is 140 cm³/mol. The van der Waals surface area contributed by atoms with E-state index in [1.807, 2.05) is 49.4 Å². The molecular weight excluding hydrogens is 434 g/mol. The highest BCUT2D eigenvalue weighted by Crippen LogP contribution is 2.40. The Morgan fingerprint density at radius 3 is 2.29 bits per heavy atom. The first-order valence-electron chi connectivity index (χ1n) is 12.6. The molecule has 5 heteroatoms. The molecule has 0 radical (unpaired) electrons. The van der Waals surface area contributed by atoms with Crippen molar-refractivity contribution in [3.63, 3.8) is 0 Å². The minimum absolute atomic E-state index is 0.145. The van der Waals surface area contributed by atoms with Crippen molar-refractivity contribution in [2.24, 2.45) is 0 Å². The van der Waals surface area contributed by atoms with Crippen LogP contribution in [0.25, 0.3) is 0 Å². The molecule has 3 aromatic carbocycles. The summed E-state index contributed by atoms with van der Waals surface area (Å²) in [6.07, 6.45) is 3.60. The van der Waals surface area contributed by atoms with Crippen LogP contribution in [0.5, 0.6) is 0 Å². The molecule has 0 spiro atoms. The van der Waals surface area contributed by atoms with Gasteiger partial charge in [-0.05, 0) is 62.4 Å². The molecule has 2 amide bonds. The number of unbranched alkanes of at least 4 members (excludes halogenated alkanes) is 1. The van der Waals surface area contributed by atoms with Gasteiger partial charge in [-0.25, -0.2) is 0 Å². The highest BCUT2D eigenvalue weighted by molar-refractivity contribution is 5.97. The van der Waals surface area contributed by atoms with Crippen LogP contribution >= 0.6 is 0 Å². The van der Waals surface area contributed by atoms with Gasteiger partial charge in [0.2, 0.25) is 5.91 Å². The molecule has 3 N–H and O–H groups in total. The zero-order valence-electron chi connectivity index (χ0n) is 20.4. The summed E-state index contributed by atoms with van der Waals surface area (Å²) in [6.45, 7) is 3.35. The Balaban J connectivity index is 1.25. The summed E-state index contributed by atoms with van der Waals surface area (Å²) in [5.74, 6) is 0.252. The lowest BCUT2D eigenvalue weighted by Gasteiger charge is -2.19. The summed E-state index contributed by atoms with van der Waals surface area (Å²) in [6, 6.07) is 27.8. The zero-order valence-corrected chi connectivity index (χ0v) is 20.4. The second-order valence-electron chi connectivity index (χ2n) is 9.40. The first-order valence-corrected chi connectivity index (χ1v) is 12.6. The molecule has 35 heavy (non-hydrogen) atoms. The van der Waals surface area contributed by atoms with Crippen molar-refractivity contribution >= 4 is 11.8 Å². The van der Waals surface area contributed by atoms with Crippen LogP contribution in [0.4, 0.5) is 0 Å². The molecule has 182 valence electrons. The largest absolute Gasteiger partial charge is 0.350 e. The summed E-state index contributed by atoms with van der Waals surface area (Å²) < 4.78 is 0. The first kappa shape index (κ1) is 24.7. The van der Waals surface area contributed by atoms with E-state index < -0.39 is 6.04 Å². The first-order chi connectivity index (χ1) is 17.1. The Morgan fingerprint density at radius 2 is 1.57 bits per heavy atom. The Kier molecular flexibility index (Phi) is 8.68. The van der Waals surface area contributed by atoms with E-state index in [-0.39, 0.29) is 11.8 Å². The van der Waals surface area contributed by atoms with E-state index in [1.54, 1.807) is 12.1 Å². The molecule has 1 fully saturated rings. The molecule has 1 saturated carbocycles. The van der Waals surface area contributed by atoms with Gasteiger partial charge in [-0.3, -0.25) is 9.59 Å². The van der Waals surface area contributed by atoms with Gasteiger partial charge in [0.05, 0.1) is 0 Å². The lowest BCUT2D eigenvalue weighted by Crippen LogP contribution is -2.46. The molecule has 3 atom stereocenters. The molecule has 0 bridgehead atoms. The maximum atomic E-state index is 13.0. The summed E-state index contributed by atoms with van der Waals surface area (Å²) in [7, 11) is 0. The van der Waals surface area contributed by atoms with Crippen molar-refractivity contribution in [1.82, 2.24) is 16.0 Å². The quantitative estimate of drug-likeness (QED) is 0.336. The van der Waals surface area contributed by atoms with Gasteiger partial charge in [-0.2, -0.15) is 0 Å². The van der Waals surface area contributed by atoms with Gasteiger partial charge in [0.25, 0.3) is 5.91 Å². The third-order valence-electron chi connectivity index (χ3n) is 6.59. The van der Waals surface area contributed by atoms with Crippen LogP contribution in [-0.2, 0) is 11.3 Å². The fourth-order valence-electron chi connectivity index (χ4n) is 4.37. The third kappa shape index (κ3) is 7.52. The highest BCUT2D eigenvalue weighted by Gasteiger charge is 2.37. The Morgan fingerprint density at radius 1 is 0.886 bits per heavy atom. The second-order valence-corrected chi connectivity index (χ2v) is 9.40. The number of carbonyl (C=O) groups is 2. The van der Waals surface area contributed by atoms with E-state index in [0.29, 0.717) is 30.5 Å². The molecule has 0 saturated heterocycles. The molecule has 1 unspecified atom stereocenters. The molecule has 1 aliphatic rings. The number of hydrogen-bond donors (Lipinski definition) is 3. The Hall–Kier alpha value is -3.44. The average Bonchev–Trinajstić information content (AvgIpc) is 3.67. The molecule has 5 nitrogen and oxygen atoms in total. The van der Waals surface area contributed by atoms with E-state index in [9.17, 15) is 9.59 Å². The van der Waals surface area contributed by atoms with Crippen molar-refractivity contribution in [3.8, 4) is 0 Å². The number of rotatable bonds is 12. The van der Waals surface area contributed by atoms with Crippen LogP contribution in [0.3, 0.4) is 0 Å². The van der Waals surface area contributed by atoms with E-state index in [4.69, 9.17) is 0 Å². The van der Waals surface area contributed by atoms with Crippen LogP contribution in [0, 0.1) is 6.92 Å². The Bertz CT molecular complexity index is 1080. The lowest BCUT2D eigenvalue weighted by molar-refractivity contribution is -0.123. The topological polar surface area (TPSA) is 70.2 Å². The van der Waals surface area contributed by atoms with E-state index in [2.05, 4.69) is 46.3 Å². The number of benzene rings is 3. The van der Waals surface area contributed by atoms with E-state index >= 15 is 0 Å². The summed E-state index contributed by atoms with van der Waals surface area (Å²) in [5, 5.41) is 9.59. The van der Waals surface area contributed by atoms with Crippen molar-refractivity contribution in [1.29, 1.82) is 0 Å². The maximum absolute atomic E-state index is 13.0. The molecule has 1 aliphatic carbocycles. The summed E-state index contributed by atoms with van der Waals surface area (Å²) in [5.41, 5.74) is 4.10. The van der Waals surface area contributed by atoms with Crippen LogP contribution < -0.4 is 16.0 Å². The SMILES string of the molecule is Cc1ccc(C(=O)NC(CCCCN[C@@H]2C[C@H]2c2ccccc2)C(=O)NCc2ccccc2)cc1.